The predicted molar refractivity (Wildman–Crippen MR) is 155 cm³/mol. The second-order valence-electron chi connectivity index (χ2n) is 8.21. The lowest BCUT2D eigenvalue weighted by atomic mass is 10.3. The minimum absolute atomic E-state index is 0.0708. The molecule has 2 aromatic carbocycles. The quantitative estimate of drug-likeness (QED) is 0.0933. The molecule has 0 saturated heterocycles. The average molecular weight is 549 g/mol. The molecule has 0 aliphatic heterocycles. The van der Waals surface area contributed by atoms with E-state index in [1.54, 1.807) is 12.1 Å². The van der Waals surface area contributed by atoms with Gasteiger partial charge in [-0.3, -0.25) is 0 Å². The Kier molecular flexibility index (Phi) is 9.92. The average Bonchev–Trinajstić information content (AvgIpc) is 2.94. The van der Waals surface area contributed by atoms with Gasteiger partial charge in [-0.05, 0) is 36.4 Å². The maximum Gasteiger partial charge on any atom is 0.233 e. The number of nitrogens with two attached hydrogens (primary N) is 2. The molecule has 16 heteroatoms. The summed E-state index contributed by atoms with van der Waals surface area (Å²) in [4.78, 5) is 26.2. The number of aliphatic hydroxyl groups is 2. The summed E-state index contributed by atoms with van der Waals surface area (Å²) in [6.07, 6.45) is 0. The Labute approximate surface area is 230 Å². The standard InChI is InChI=1S/C24H32N14O2/c25-7-8-27-19-33-20(28-9-11-39)35-22(34-19)31-17-5-2-6-18(14-17)32-24-37-21(29-10-12-40)36-23(38-24)30-16-4-1-3-15(26)13-16/h1-6,13-14,39-40H,7-12,25-26H2,(H3,27,28,31,33,34,35)(H3,29,30,32,36,37,38). The Morgan fingerprint density at radius 2 is 0.950 bits per heavy atom. The van der Waals surface area contributed by atoms with Crippen LogP contribution in [0.2, 0.25) is 0 Å². The van der Waals surface area contributed by atoms with Gasteiger partial charge in [0.2, 0.25) is 35.7 Å². The van der Waals surface area contributed by atoms with E-state index in [0.29, 0.717) is 47.7 Å². The number of benzene rings is 2. The zero-order valence-corrected chi connectivity index (χ0v) is 21.6. The molecular formula is C24H32N14O2. The molecule has 12 N–H and O–H groups in total. The summed E-state index contributed by atoms with van der Waals surface area (Å²) in [5.41, 5.74) is 14.1. The summed E-state index contributed by atoms with van der Waals surface area (Å²) < 4.78 is 0. The van der Waals surface area contributed by atoms with Gasteiger partial charge in [-0.25, -0.2) is 0 Å². The summed E-state index contributed by atoms with van der Waals surface area (Å²) in [6, 6.07) is 14.5. The lowest BCUT2D eigenvalue weighted by Crippen LogP contribution is -2.17. The van der Waals surface area contributed by atoms with Crippen LogP contribution in [0.4, 0.5) is 58.4 Å². The Bertz CT molecular complexity index is 1360. The minimum atomic E-state index is -0.0854. The highest BCUT2D eigenvalue weighted by atomic mass is 16.3. The summed E-state index contributed by atoms with van der Waals surface area (Å²) >= 11 is 0. The van der Waals surface area contributed by atoms with Gasteiger partial charge in [0, 0.05) is 48.9 Å². The fourth-order valence-corrected chi connectivity index (χ4v) is 3.35. The van der Waals surface area contributed by atoms with E-state index >= 15 is 0 Å². The first-order valence-corrected chi connectivity index (χ1v) is 12.5. The van der Waals surface area contributed by atoms with Crippen LogP contribution in [-0.2, 0) is 0 Å². The van der Waals surface area contributed by atoms with Crippen molar-refractivity contribution in [1.82, 2.24) is 29.9 Å². The number of nitrogen functional groups attached to an aromatic ring is 1. The van der Waals surface area contributed by atoms with E-state index < -0.39 is 0 Å². The number of nitrogens with one attached hydrogen (secondary N) is 6. The van der Waals surface area contributed by atoms with Gasteiger partial charge in [-0.2, -0.15) is 29.9 Å². The van der Waals surface area contributed by atoms with E-state index in [2.05, 4.69) is 61.8 Å². The smallest absolute Gasteiger partial charge is 0.233 e. The second kappa shape index (κ2) is 14.2. The van der Waals surface area contributed by atoms with Gasteiger partial charge in [0.25, 0.3) is 0 Å². The lowest BCUT2D eigenvalue weighted by Gasteiger charge is -2.13. The van der Waals surface area contributed by atoms with E-state index in [0.717, 1.165) is 0 Å². The highest BCUT2D eigenvalue weighted by Crippen LogP contribution is 2.23. The molecule has 0 aliphatic rings. The number of aromatic nitrogens is 6. The van der Waals surface area contributed by atoms with Crippen molar-refractivity contribution in [2.45, 2.75) is 0 Å². The maximum atomic E-state index is 9.21. The number of anilines is 10. The van der Waals surface area contributed by atoms with Crippen LogP contribution in [0.1, 0.15) is 0 Å². The molecule has 0 radical (unpaired) electrons. The van der Waals surface area contributed by atoms with Gasteiger partial charge in [-0.1, -0.05) is 12.1 Å². The number of nitrogens with zero attached hydrogens (tertiary/aromatic N) is 6. The Hall–Kier alpha value is -5.06. The van der Waals surface area contributed by atoms with E-state index in [9.17, 15) is 5.11 Å². The van der Waals surface area contributed by atoms with Crippen molar-refractivity contribution in [3.05, 3.63) is 48.5 Å². The summed E-state index contributed by atoms with van der Waals surface area (Å²) in [5.74, 6) is 1.75. The third-order valence-electron chi connectivity index (χ3n) is 5.01. The normalized spacial score (nSPS) is 10.6. The van der Waals surface area contributed by atoms with Crippen molar-refractivity contribution in [3.8, 4) is 0 Å². The number of hydrogen-bond donors (Lipinski definition) is 10. The van der Waals surface area contributed by atoms with Gasteiger partial charge in [0.05, 0.1) is 13.2 Å². The molecule has 0 bridgehead atoms. The van der Waals surface area contributed by atoms with Crippen LogP contribution in [-0.4, -0.2) is 79.5 Å². The fourth-order valence-electron chi connectivity index (χ4n) is 3.35. The molecule has 0 spiro atoms. The van der Waals surface area contributed by atoms with Crippen molar-refractivity contribution in [2.24, 2.45) is 5.73 Å². The number of rotatable bonds is 15. The third-order valence-corrected chi connectivity index (χ3v) is 5.01. The maximum absolute atomic E-state index is 9.21. The van der Waals surface area contributed by atoms with Gasteiger partial charge in [0.15, 0.2) is 0 Å². The molecule has 2 heterocycles. The third kappa shape index (κ3) is 8.48. The van der Waals surface area contributed by atoms with Crippen molar-refractivity contribution < 1.29 is 10.2 Å². The Morgan fingerprint density at radius 1 is 0.550 bits per heavy atom. The highest BCUT2D eigenvalue weighted by molar-refractivity contribution is 5.66. The second-order valence-corrected chi connectivity index (χ2v) is 8.21. The van der Waals surface area contributed by atoms with E-state index in [1.807, 2.05) is 36.4 Å². The van der Waals surface area contributed by atoms with Crippen molar-refractivity contribution in [2.75, 3.05) is 77.0 Å². The molecule has 210 valence electrons. The molecule has 0 saturated carbocycles. The van der Waals surface area contributed by atoms with Crippen LogP contribution in [0.5, 0.6) is 0 Å². The molecule has 16 nitrogen and oxygen atoms in total. The van der Waals surface area contributed by atoms with Crippen LogP contribution in [0, 0.1) is 0 Å². The SMILES string of the molecule is NCCNc1nc(NCCO)nc(Nc2cccc(Nc3nc(NCCO)nc(Nc4cccc(N)c4)n3)c2)n1. The van der Waals surface area contributed by atoms with Crippen LogP contribution >= 0.6 is 0 Å². The molecule has 0 amide bonds. The van der Waals surface area contributed by atoms with Crippen LogP contribution < -0.4 is 43.4 Å². The predicted octanol–water partition coefficient (Wildman–Crippen LogP) is 1.05. The van der Waals surface area contributed by atoms with Crippen LogP contribution in [0.15, 0.2) is 48.5 Å². The molecule has 0 unspecified atom stereocenters. The van der Waals surface area contributed by atoms with E-state index in [1.165, 1.54) is 0 Å². The molecule has 2 aromatic heterocycles. The van der Waals surface area contributed by atoms with Crippen LogP contribution in [0.25, 0.3) is 0 Å². The lowest BCUT2D eigenvalue weighted by molar-refractivity contribution is 0.310. The van der Waals surface area contributed by atoms with Gasteiger partial charge in [-0.15, -0.1) is 0 Å². The summed E-state index contributed by atoms with van der Waals surface area (Å²) in [7, 11) is 0. The first-order valence-electron chi connectivity index (χ1n) is 12.5. The topological polar surface area (TPSA) is 242 Å². The zero-order chi connectivity index (χ0) is 28.2. The number of hydrogen-bond acceptors (Lipinski definition) is 16. The highest BCUT2D eigenvalue weighted by Gasteiger charge is 2.10. The molecule has 0 aliphatic carbocycles. The van der Waals surface area contributed by atoms with Gasteiger partial charge >= 0.3 is 0 Å². The monoisotopic (exact) mass is 548 g/mol. The van der Waals surface area contributed by atoms with Crippen molar-refractivity contribution >= 4 is 58.4 Å². The largest absolute Gasteiger partial charge is 0.399 e. The Balaban J connectivity index is 1.54. The molecular weight excluding hydrogens is 516 g/mol. The Morgan fingerprint density at radius 3 is 1.40 bits per heavy atom. The minimum Gasteiger partial charge on any atom is -0.399 e. The van der Waals surface area contributed by atoms with Gasteiger partial charge in [0.1, 0.15) is 0 Å². The molecule has 0 atom stereocenters. The number of aliphatic hydroxyl groups excluding tert-OH is 2. The first-order chi connectivity index (χ1) is 19.5. The molecule has 4 aromatic rings. The van der Waals surface area contributed by atoms with Crippen molar-refractivity contribution in [3.63, 3.8) is 0 Å². The van der Waals surface area contributed by atoms with E-state index in [-0.39, 0.29) is 50.1 Å². The summed E-state index contributed by atoms with van der Waals surface area (Å²) in [5, 5.41) is 36.7. The zero-order valence-electron chi connectivity index (χ0n) is 21.6. The van der Waals surface area contributed by atoms with Crippen molar-refractivity contribution in [1.29, 1.82) is 0 Å². The molecule has 0 fully saturated rings. The summed E-state index contributed by atoms with van der Waals surface area (Å²) in [6.45, 7) is 1.29. The molecule has 40 heavy (non-hydrogen) atoms. The first kappa shape index (κ1) is 28.0. The van der Waals surface area contributed by atoms with Crippen LogP contribution in [0.3, 0.4) is 0 Å². The molecule has 4 rings (SSSR count). The van der Waals surface area contributed by atoms with Gasteiger partial charge < -0.3 is 53.6 Å². The van der Waals surface area contributed by atoms with E-state index in [4.69, 9.17) is 16.6 Å². The fraction of sp³-hybridized carbons (Fsp3) is 0.250.